The van der Waals surface area contributed by atoms with Crippen LogP contribution in [0.4, 0.5) is 17.6 Å². The Bertz CT molecular complexity index is 451. The fraction of sp³-hybridized carbons (Fsp3) is 0.200. The third-order valence-electron chi connectivity index (χ3n) is 2.04. The van der Waals surface area contributed by atoms with Crippen LogP contribution in [0, 0.1) is 23.3 Å². The Morgan fingerprint density at radius 1 is 0.722 bits per heavy atom. The summed E-state index contributed by atoms with van der Waals surface area (Å²) in [5.74, 6) is -11.3. The quantitative estimate of drug-likeness (QED) is 0.465. The summed E-state index contributed by atoms with van der Waals surface area (Å²) in [4.78, 5) is 21.9. The molecule has 0 N–H and O–H groups in total. The van der Waals surface area contributed by atoms with Crippen LogP contribution in [0.5, 0.6) is 0 Å². The first-order valence-corrected chi connectivity index (χ1v) is 4.39. The van der Waals surface area contributed by atoms with Gasteiger partial charge in [0, 0.05) is 0 Å². The van der Waals surface area contributed by atoms with Crippen molar-refractivity contribution in [3.05, 3.63) is 34.4 Å². The van der Waals surface area contributed by atoms with Gasteiger partial charge in [-0.3, -0.25) is 0 Å². The van der Waals surface area contributed by atoms with Crippen LogP contribution in [0.3, 0.4) is 0 Å². The summed E-state index contributed by atoms with van der Waals surface area (Å²) < 4.78 is 61.3. The molecule has 0 spiro atoms. The number of ether oxygens (including phenoxy) is 2. The molecular formula is C10H6F4O4. The zero-order valence-corrected chi connectivity index (χ0v) is 9.14. The minimum Gasteiger partial charge on any atom is -0.465 e. The van der Waals surface area contributed by atoms with Gasteiger partial charge in [0.15, 0.2) is 23.3 Å². The van der Waals surface area contributed by atoms with Crippen LogP contribution in [0.1, 0.15) is 20.7 Å². The maximum Gasteiger partial charge on any atom is 0.344 e. The Morgan fingerprint density at radius 3 is 1.11 bits per heavy atom. The summed E-state index contributed by atoms with van der Waals surface area (Å²) >= 11 is 0. The Labute approximate surface area is 98.1 Å². The summed E-state index contributed by atoms with van der Waals surface area (Å²) in [6, 6.07) is 0. The lowest BCUT2D eigenvalue weighted by Gasteiger charge is -2.09. The van der Waals surface area contributed by atoms with E-state index in [0.29, 0.717) is 0 Å². The van der Waals surface area contributed by atoms with E-state index in [2.05, 4.69) is 9.47 Å². The third kappa shape index (κ3) is 2.01. The highest BCUT2D eigenvalue weighted by molar-refractivity contribution is 5.94. The van der Waals surface area contributed by atoms with Crippen molar-refractivity contribution in [3.63, 3.8) is 0 Å². The van der Waals surface area contributed by atoms with E-state index in [4.69, 9.17) is 0 Å². The molecule has 18 heavy (non-hydrogen) atoms. The van der Waals surface area contributed by atoms with Gasteiger partial charge in [0.2, 0.25) is 0 Å². The summed E-state index contributed by atoms with van der Waals surface area (Å²) in [5.41, 5.74) is -3.11. The maximum atomic E-state index is 13.3. The summed E-state index contributed by atoms with van der Waals surface area (Å²) in [6.45, 7) is 0. The Balaban J connectivity index is 3.66. The van der Waals surface area contributed by atoms with E-state index in [1.54, 1.807) is 0 Å². The zero-order chi connectivity index (χ0) is 14.0. The Hall–Kier alpha value is -2.12. The molecule has 0 aromatic heterocycles. The van der Waals surface area contributed by atoms with Crippen molar-refractivity contribution in [2.24, 2.45) is 0 Å². The lowest BCUT2D eigenvalue weighted by molar-refractivity contribution is 0.0563. The first-order valence-electron chi connectivity index (χ1n) is 4.39. The highest BCUT2D eigenvalue weighted by atomic mass is 19.2. The normalized spacial score (nSPS) is 10.1. The number of carbonyl (C=O) groups excluding carboxylic acids is 2. The van der Waals surface area contributed by atoms with Gasteiger partial charge in [-0.05, 0) is 0 Å². The van der Waals surface area contributed by atoms with Gasteiger partial charge >= 0.3 is 11.9 Å². The topological polar surface area (TPSA) is 52.6 Å². The molecule has 0 atom stereocenters. The van der Waals surface area contributed by atoms with Crippen LogP contribution in [0.15, 0.2) is 0 Å². The predicted octanol–water partition coefficient (Wildman–Crippen LogP) is 1.82. The molecule has 0 aliphatic carbocycles. The van der Waals surface area contributed by atoms with Crippen molar-refractivity contribution in [3.8, 4) is 0 Å². The van der Waals surface area contributed by atoms with E-state index < -0.39 is 46.3 Å². The molecule has 0 fully saturated rings. The molecule has 0 saturated heterocycles. The molecule has 0 unspecified atom stereocenters. The zero-order valence-electron chi connectivity index (χ0n) is 9.14. The molecular weight excluding hydrogens is 260 g/mol. The standard InChI is InChI=1S/C10H6F4O4/c1-17-9(15)3-5(11)7(13)4(10(16)18-2)8(14)6(3)12/h1-2H3. The van der Waals surface area contributed by atoms with E-state index in [0.717, 1.165) is 14.2 Å². The number of hydrogen-bond acceptors (Lipinski definition) is 4. The molecule has 8 heteroatoms. The van der Waals surface area contributed by atoms with Crippen molar-refractivity contribution in [1.29, 1.82) is 0 Å². The van der Waals surface area contributed by atoms with E-state index in [-0.39, 0.29) is 0 Å². The van der Waals surface area contributed by atoms with Crippen LogP contribution in [0.2, 0.25) is 0 Å². The molecule has 0 bridgehead atoms. The van der Waals surface area contributed by atoms with Crippen molar-refractivity contribution in [2.45, 2.75) is 0 Å². The number of esters is 2. The maximum absolute atomic E-state index is 13.3. The number of hydrogen-bond donors (Lipinski definition) is 0. The SMILES string of the molecule is COC(=O)c1c(F)c(F)c(C(=O)OC)c(F)c1F. The van der Waals surface area contributed by atoms with Gasteiger partial charge < -0.3 is 9.47 Å². The van der Waals surface area contributed by atoms with Crippen molar-refractivity contribution in [2.75, 3.05) is 14.2 Å². The average molecular weight is 266 g/mol. The summed E-state index contributed by atoms with van der Waals surface area (Å²) in [6.07, 6.45) is 0. The lowest BCUT2D eigenvalue weighted by Crippen LogP contribution is -2.18. The van der Waals surface area contributed by atoms with Gasteiger partial charge in [-0.25, -0.2) is 27.2 Å². The lowest BCUT2D eigenvalue weighted by atomic mass is 10.1. The summed E-state index contributed by atoms with van der Waals surface area (Å²) in [5, 5.41) is 0. The monoisotopic (exact) mass is 266 g/mol. The summed E-state index contributed by atoms with van der Waals surface area (Å²) in [7, 11) is 1.54. The van der Waals surface area contributed by atoms with Gasteiger partial charge in [0.05, 0.1) is 14.2 Å². The molecule has 0 amide bonds. The first-order chi connectivity index (χ1) is 8.36. The highest BCUT2D eigenvalue weighted by Gasteiger charge is 2.33. The second kappa shape index (κ2) is 5.03. The van der Waals surface area contributed by atoms with E-state index >= 15 is 0 Å². The number of methoxy groups -OCH3 is 2. The Morgan fingerprint density at radius 2 is 0.944 bits per heavy atom. The minimum absolute atomic E-state index is 0.769. The van der Waals surface area contributed by atoms with Crippen LogP contribution in [-0.4, -0.2) is 26.2 Å². The molecule has 0 aliphatic heterocycles. The largest absolute Gasteiger partial charge is 0.465 e. The molecule has 0 radical (unpaired) electrons. The van der Waals surface area contributed by atoms with Crippen LogP contribution < -0.4 is 0 Å². The van der Waals surface area contributed by atoms with Crippen molar-refractivity contribution in [1.82, 2.24) is 0 Å². The number of halogens is 4. The first kappa shape index (κ1) is 13.9. The molecule has 1 aromatic rings. The van der Waals surface area contributed by atoms with E-state index in [9.17, 15) is 27.2 Å². The van der Waals surface area contributed by atoms with Gasteiger partial charge in [-0.2, -0.15) is 0 Å². The van der Waals surface area contributed by atoms with Crippen LogP contribution in [-0.2, 0) is 9.47 Å². The molecule has 1 aromatic carbocycles. The smallest absolute Gasteiger partial charge is 0.344 e. The predicted molar refractivity (Wildman–Crippen MR) is 49.0 cm³/mol. The van der Waals surface area contributed by atoms with Crippen LogP contribution in [0.25, 0.3) is 0 Å². The van der Waals surface area contributed by atoms with Gasteiger partial charge in [-0.15, -0.1) is 0 Å². The number of carbonyl (C=O) groups is 2. The molecule has 4 nitrogen and oxygen atoms in total. The fourth-order valence-corrected chi connectivity index (χ4v) is 1.19. The highest BCUT2D eigenvalue weighted by Crippen LogP contribution is 2.25. The van der Waals surface area contributed by atoms with Crippen molar-refractivity contribution < 1.29 is 36.6 Å². The van der Waals surface area contributed by atoms with Gasteiger partial charge in [0.25, 0.3) is 0 Å². The van der Waals surface area contributed by atoms with E-state index in [1.165, 1.54) is 0 Å². The minimum atomic E-state index is -2.03. The third-order valence-corrected chi connectivity index (χ3v) is 2.04. The molecule has 0 aliphatic rings. The van der Waals surface area contributed by atoms with Crippen molar-refractivity contribution >= 4 is 11.9 Å². The fourth-order valence-electron chi connectivity index (χ4n) is 1.19. The van der Waals surface area contributed by atoms with Crippen LogP contribution >= 0.6 is 0 Å². The molecule has 0 heterocycles. The molecule has 1 rings (SSSR count). The molecule has 98 valence electrons. The average Bonchev–Trinajstić information content (AvgIpc) is 2.36. The van der Waals surface area contributed by atoms with Gasteiger partial charge in [0.1, 0.15) is 11.1 Å². The Kier molecular flexibility index (Phi) is 3.89. The second-order valence-corrected chi connectivity index (χ2v) is 2.99. The number of rotatable bonds is 2. The molecule has 0 saturated carbocycles. The van der Waals surface area contributed by atoms with E-state index in [1.807, 2.05) is 0 Å². The number of benzene rings is 1. The van der Waals surface area contributed by atoms with Gasteiger partial charge in [-0.1, -0.05) is 0 Å². The second-order valence-electron chi connectivity index (χ2n) is 2.99.